The van der Waals surface area contributed by atoms with Crippen LogP contribution in [0.4, 0.5) is 0 Å². The van der Waals surface area contributed by atoms with Gasteiger partial charge in [0.1, 0.15) is 5.75 Å². The van der Waals surface area contributed by atoms with Crippen molar-refractivity contribution in [1.82, 2.24) is 9.80 Å². The first-order valence-electron chi connectivity index (χ1n) is 12.0. The number of piperidine rings is 2. The average Bonchev–Trinajstić information content (AvgIpc) is 2.84. The summed E-state index contributed by atoms with van der Waals surface area (Å²) < 4.78 is 13.8. The van der Waals surface area contributed by atoms with Gasteiger partial charge in [-0.1, -0.05) is 48.9 Å². The van der Waals surface area contributed by atoms with Gasteiger partial charge < -0.3 is 14.7 Å². The van der Waals surface area contributed by atoms with E-state index >= 15 is 0 Å². The molecule has 4 nitrogen and oxygen atoms in total. The molecule has 2 aromatic carbocycles. The molecular formula is C26H36N2O2. The van der Waals surface area contributed by atoms with Gasteiger partial charge in [-0.25, -0.2) is 0 Å². The minimum Gasteiger partial charge on any atom is -0.494 e. The van der Waals surface area contributed by atoms with Crippen molar-refractivity contribution in [2.24, 2.45) is 0 Å². The zero-order valence-corrected chi connectivity index (χ0v) is 18.1. The Kier molecular flexibility index (Phi) is 6.97. The van der Waals surface area contributed by atoms with Crippen LogP contribution in [0, 0.1) is 0 Å². The minimum absolute atomic E-state index is 0.514. The van der Waals surface area contributed by atoms with E-state index in [1.807, 2.05) is 12.1 Å². The Morgan fingerprint density at radius 1 is 0.867 bits per heavy atom. The fourth-order valence-electron chi connectivity index (χ4n) is 4.72. The summed E-state index contributed by atoms with van der Waals surface area (Å²) in [6, 6.07) is 18.8. The summed E-state index contributed by atoms with van der Waals surface area (Å²) in [5.41, 5.74) is 1.91. The van der Waals surface area contributed by atoms with E-state index in [4.69, 9.17) is 11.3 Å². The molecule has 2 aromatic rings. The molecular weight excluding hydrogens is 372 g/mol. The molecule has 30 heavy (non-hydrogen) atoms. The molecule has 0 amide bonds. The van der Waals surface area contributed by atoms with Gasteiger partial charge >= 0.3 is 0 Å². The van der Waals surface area contributed by atoms with Crippen LogP contribution in [-0.2, 0) is 12.1 Å². The first kappa shape index (κ1) is 20.0. The highest BCUT2D eigenvalue weighted by atomic mass is 16.5. The van der Waals surface area contributed by atoms with E-state index in [2.05, 4.69) is 52.3 Å². The molecule has 0 radical (unpaired) electrons. The van der Waals surface area contributed by atoms with E-state index in [0.717, 1.165) is 63.4 Å². The van der Waals surface area contributed by atoms with Crippen LogP contribution in [0.3, 0.4) is 0 Å². The van der Waals surface area contributed by atoms with Gasteiger partial charge in [0.05, 0.1) is 12.2 Å². The summed E-state index contributed by atoms with van der Waals surface area (Å²) in [5, 5.41) is 5.35. The maximum atomic E-state index is 7.80. The Balaban J connectivity index is 1.25. The SMILES string of the molecule is [2H]OC1(c2ccc(OCCCN3CCCCC3)cc2)CCN(Cc2ccccc2)CC1. The molecule has 2 heterocycles. The van der Waals surface area contributed by atoms with Crippen LogP contribution < -0.4 is 4.74 Å². The molecule has 2 fully saturated rings. The van der Waals surface area contributed by atoms with E-state index < -0.39 is 5.60 Å². The number of rotatable bonds is 9. The van der Waals surface area contributed by atoms with Crippen LogP contribution in [0.5, 0.6) is 5.75 Å². The molecule has 4 heteroatoms. The number of nitrogens with zero attached hydrogens (tertiary/aromatic N) is 2. The molecule has 0 spiro atoms. The third-order valence-corrected chi connectivity index (χ3v) is 6.63. The number of aliphatic hydroxyl groups is 1. The summed E-state index contributed by atoms with van der Waals surface area (Å²) in [6.07, 6.45) is 6.80. The second kappa shape index (κ2) is 10.4. The fraction of sp³-hybridized carbons (Fsp3) is 0.538. The molecule has 0 bridgehead atoms. The summed E-state index contributed by atoms with van der Waals surface area (Å²) in [6.45, 7) is 7.20. The highest BCUT2D eigenvalue weighted by molar-refractivity contribution is 5.31. The van der Waals surface area contributed by atoms with Crippen molar-refractivity contribution in [2.75, 3.05) is 39.3 Å². The number of hydrogen-bond donors (Lipinski definition) is 1. The van der Waals surface area contributed by atoms with E-state index in [1.54, 1.807) is 0 Å². The van der Waals surface area contributed by atoms with Gasteiger partial charge in [0.15, 0.2) is 0 Å². The smallest absolute Gasteiger partial charge is 0.211 e. The monoisotopic (exact) mass is 409 g/mol. The van der Waals surface area contributed by atoms with Crippen molar-refractivity contribution in [3.05, 3.63) is 65.7 Å². The van der Waals surface area contributed by atoms with Gasteiger partial charge in [-0.2, -0.15) is 0 Å². The topological polar surface area (TPSA) is 35.9 Å². The summed E-state index contributed by atoms with van der Waals surface area (Å²) in [7, 11) is 0. The molecule has 0 unspecified atom stereocenters. The van der Waals surface area contributed by atoms with Crippen molar-refractivity contribution in [2.45, 2.75) is 50.7 Å². The lowest BCUT2D eigenvalue weighted by atomic mass is 9.84. The molecule has 2 aliphatic heterocycles. The highest BCUT2D eigenvalue weighted by Gasteiger charge is 2.33. The standard InChI is InChI=1S/C26H36N2O2/c29-26(14-19-28(20-15-26)22-23-8-3-1-4-9-23)24-10-12-25(13-11-24)30-21-7-18-27-16-5-2-6-17-27/h1,3-4,8-13,29H,2,5-7,14-22H2/i29D. The molecule has 2 saturated heterocycles. The van der Waals surface area contributed by atoms with Crippen molar-refractivity contribution in [3.8, 4) is 5.75 Å². The van der Waals surface area contributed by atoms with Crippen LogP contribution in [-0.4, -0.2) is 55.7 Å². The molecule has 4 rings (SSSR count). The number of hydrogen-bond acceptors (Lipinski definition) is 4. The fourth-order valence-corrected chi connectivity index (χ4v) is 4.72. The maximum Gasteiger partial charge on any atom is 0.211 e. The maximum absolute atomic E-state index is 7.80. The van der Waals surface area contributed by atoms with Gasteiger partial charge in [-0.3, -0.25) is 4.90 Å². The molecule has 162 valence electrons. The van der Waals surface area contributed by atoms with Crippen LogP contribution in [0.15, 0.2) is 54.6 Å². The molecule has 0 aromatic heterocycles. The third-order valence-electron chi connectivity index (χ3n) is 6.63. The number of ether oxygens (including phenoxy) is 1. The Bertz CT molecular complexity index is 770. The summed E-state index contributed by atoms with van der Waals surface area (Å²) in [4.78, 5) is 5.00. The van der Waals surface area contributed by atoms with Crippen molar-refractivity contribution in [1.29, 1.82) is 1.43 Å². The first-order chi connectivity index (χ1) is 15.3. The highest BCUT2D eigenvalue weighted by Crippen LogP contribution is 2.34. The lowest BCUT2D eigenvalue weighted by Crippen LogP contribution is -2.42. The Morgan fingerprint density at radius 2 is 1.60 bits per heavy atom. The minimum atomic E-state index is -0.514. The summed E-state index contributed by atoms with van der Waals surface area (Å²) in [5.74, 6) is 0.907. The predicted octanol–water partition coefficient (Wildman–Crippen LogP) is 4.43. The lowest BCUT2D eigenvalue weighted by molar-refractivity contribution is -0.0277. The quantitative estimate of drug-likeness (QED) is 0.622. The summed E-state index contributed by atoms with van der Waals surface area (Å²) >= 11 is 0. The number of benzene rings is 2. The molecule has 0 saturated carbocycles. The van der Waals surface area contributed by atoms with Crippen molar-refractivity contribution < 1.29 is 9.85 Å². The first-order valence-corrected chi connectivity index (χ1v) is 11.6. The second-order valence-corrected chi connectivity index (χ2v) is 8.88. The normalized spacial score (nSPS) is 20.6. The van der Waals surface area contributed by atoms with E-state index in [0.29, 0.717) is 0 Å². The lowest BCUT2D eigenvalue weighted by Gasteiger charge is -2.38. The molecule has 1 N–H and O–H groups in total. The van der Waals surface area contributed by atoms with E-state index in [1.165, 1.54) is 37.9 Å². The van der Waals surface area contributed by atoms with Gasteiger partial charge in [0.2, 0.25) is 1.43 Å². The van der Waals surface area contributed by atoms with Crippen LogP contribution >= 0.6 is 0 Å². The van der Waals surface area contributed by atoms with Crippen LogP contribution in [0.2, 0.25) is 0 Å². The van der Waals surface area contributed by atoms with Crippen LogP contribution in [0.1, 0.15) is 49.7 Å². The third kappa shape index (κ3) is 5.84. The van der Waals surface area contributed by atoms with Crippen molar-refractivity contribution in [3.63, 3.8) is 0 Å². The van der Waals surface area contributed by atoms with Gasteiger partial charge in [-0.15, -0.1) is 0 Å². The van der Waals surface area contributed by atoms with Crippen LogP contribution in [0.25, 0.3) is 0 Å². The second-order valence-electron chi connectivity index (χ2n) is 8.88. The zero-order valence-electron chi connectivity index (χ0n) is 19.1. The average molecular weight is 410 g/mol. The Hall–Kier alpha value is -1.88. The largest absolute Gasteiger partial charge is 0.494 e. The number of likely N-dealkylation sites (tertiary alicyclic amines) is 2. The Morgan fingerprint density at radius 3 is 2.30 bits per heavy atom. The van der Waals surface area contributed by atoms with E-state index in [-0.39, 0.29) is 0 Å². The Labute approximate surface area is 183 Å². The van der Waals surface area contributed by atoms with Gasteiger partial charge in [0, 0.05) is 26.2 Å². The molecule has 0 atom stereocenters. The zero-order chi connectivity index (χ0) is 21.4. The molecule has 0 aliphatic carbocycles. The van der Waals surface area contributed by atoms with Gasteiger partial charge in [0.25, 0.3) is 0 Å². The molecule has 2 aliphatic rings. The van der Waals surface area contributed by atoms with E-state index in [9.17, 15) is 0 Å². The van der Waals surface area contributed by atoms with Crippen molar-refractivity contribution >= 4 is 0 Å². The van der Waals surface area contributed by atoms with Gasteiger partial charge in [-0.05, 0) is 68.5 Å². The predicted molar refractivity (Wildman–Crippen MR) is 122 cm³/mol.